The maximum absolute atomic E-state index is 12.9. The van der Waals surface area contributed by atoms with Crippen LogP contribution in [0.2, 0.25) is 0 Å². The number of likely N-dealkylation sites (N-methyl/N-ethyl adjacent to an activating group) is 2. The summed E-state index contributed by atoms with van der Waals surface area (Å²) in [5, 5.41) is 2.44. The molecular formula is C57H54N8O15. The lowest BCUT2D eigenvalue weighted by Gasteiger charge is -2.16. The zero-order chi connectivity index (χ0) is 53.7. The molecule has 15 rings (SSSR count). The van der Waals surface area contributed by atoms with E-state index in [1.807, 2.05) is 117 Å². The number of nitrogens with zero attached hydrogens (tertiary/aromatic N) is 7. The number of H-pyrrole nitrogens is 1. The molecule has 9 aromatic rings. The summed E-state index contributed by atoms with van der Waals surface area (Å²) in [4.78, 5) is 49.3. The zero-order valence-corrected chi connectivity index (χ0v) is 43.0. The molecule has 1 N–H and O–H groups in total. The van der Waals surface area contributed by atoms with Gasteiger partial charge >= 0.3 is 17.4 Å². The molecule has 23 heteroatoms. The topological polar surface area (TPSA) is 233 Å². The van der Waals surface area contributed by atoms with E-state index in [9.17, 15) is 9.59 Å². The largest absolute Gasteiger partial charge is 0.462 e. The molecule has 0 unspecified atom stereocenters. The number of rotatable bonds is 10. The van der Waals surface area contributed by atoms with Gasteiger partial charge in [0.15, 0.2) is 69.0 Å². The zero-order valence-electron chi connectivity index (χ0n) is 43.0. The summed E-state index contributed by atoms with van der Waals surface area (Å²) in [5.41, 5.74) is 5.71. The van der Waals surface area contributed by atoms with Crippen LogP contribution in [0.25, 0.3) is 66.5 Å². The highest BCUT2D eigenvalue weighted by molar-refractivity contribution is 5.97. The van der Waals surface area contributed by atoms with E-state index in [2.05, 4.69) is 24.9 Å². The molecule has 0 spiro atoms. The number of hydrogen-bond donors (Lipinski definition) is 1. The highest BCUT2D eigenvalue weighted by Gasteiger charge is 2.25. The van der Waals surface area contributed by atoms with E-state index in [-0.39, 0.29) is 55.3 Å². The van der Waals surface area contributed by atoms with Gasteiger partial charge in [-0.2, -0.15) is 19.9 Å². The van der Waals surface area contributed by atoms with Crippen LogP contribution in [-0.4, -0.2) is 128 Å². The number of benzene rings is 6. The van der Waals surface area contributed by atoms with Gasteiger partial charge in [-0.1, -0.05) is 7.43 Å². The molecule has 0 radical (unpaired) electrons. The molecule has 80 heavy (non-hydrogen) atoms. The third-order valence-electron chi connectivity index (χ3n) is 13.3. The molecule has 23 nitrogen and oxygen atoms in total. The molecule has 412 valence electrons. The van der Waals surface area contributed by atoms with E-state index in [1.54, 1.807) is 16.7 Å². The van der Waals surface area contributed by atoms with Gasteiger partial charge in [0.2, 0.25) is 40.8 Å². The number of hydrogen-bond acceptors (Lipinski definition) is 21. The van der Waals surface area contributed by atoms with Crippen molar-refractivity contribution in [2.75, 3.05) is 88.6 Å². The molecule has 3 aromatic heterocycles. The van der Waals surface area contributed by atoms with E-state index in [1.165, 1.54) is 0 Å². The fraction of sp³-hybridized carbons (Fsp3) is 0.263. The molecule has 0 aliphatic carbocycles. The first-order chi connectivity index (χ1) is 38.5. The van der Waals surface area contributed by atoms with E-state index >= 15 is 0 Å². The second-order valence-electron chi connectivity index (χ2n) is 19.0. The minimum Gasteiger partial charge on any atom is -0.462 e. The number of ether oxygens (including phenoxy) is 13. The van der Waals surface area contributed by atoms with E-state index in [4.69, 9.17) is 61.6 Å². The lowest BCUT2D eigenvalue weighted by Crippen LogP contribution is -2.29. The standard InChI is InChI=1S/2C20H19N3O5.C16H10N2O5.CH4.H2/c1-22(2)5-6-23-14-9-18-17(27-11-28-18)8-13(14)19(21-20(23)24)12-3-4-15-16(7-12)26-10-25-15;1-23(2)5-6-24-20-21-14-9-18-17(27-11-28-18)8-13(14)19(22-20)12-3-4-15-16(7-12)26-10-25-15;19-16-17-10-5-14-13(22-7-23-14)4-9(10)15(18-16)8-1-2-11-12(3-8)21-6-20-11;;/h2*3-4,7-9H,5-6,10-11H2,1-2H3;1-5H,6-7H2,(H,17,18,19);1H4;1H. The molecule has 0 saturated heterocycles. The van der Waals surface area contributed by atoms with Gasteiger partial charge in [-0.15, -0.1) is 0 Å². The molecule has 0 bridgehead atoms. The number of fused-ring (bicyclic) bond motifs is 9. The van der Waals surface area contributed by atoms with Gasteiger partial charge in [0, 0.05) is 72.1 Å². The minimum absolute atomic E-state index is 0. The molecule has 6 aromatic carbocycles. The Morgan fingerprint density at radius 1 is 0.475 bits per heavy atom. The van der Waals surface area contributed by atoms with Crippen LogP contribution in [0.4, 0.5) is 0 Å². The third kappa shape index (κ3) is 9.94. The Hall–Kier alpha value is -9.74. The number of nitrogens with one attached hydrogen (secondary N) is 1. The first-order valence-electron chi connectivity index (χ1n) is 25.0. The average Bonchev–Trinajstić information content (AvgIpc) is 4.46. The lowest BCUT2D eigenvalue weighted by molar-refractivity contribution is 0.173. The van der Waals surface area contributed by atoms with Crippen LogP contribution in [0.1, 0.15) is 8.85 Å². The van der Waals surface area contributed by atoms with Crippen LogP contribution in [0.3, 0.4) is 0 Å². The van der Waals surface area contributed by atoms with Crippen molar-refractivity contribution in [2.45, 2.75) is 14.0 Å². The predicted molar refractivity (Wildman–Crippen MR) is 292 cm³/mol. The van der Waals surface area contributed by atoms with Crippen LogP contribution in [-0.2, 0) is 6.54 Å². The second-order valence-corrected chi connectivity index (χ2v) is 19.0. The fourth-order valence-electron chi connectivity index (χ4n) is 9.40. The van der Waals surface area contributed by atoms with Gasteiger partial charge in [0.1, 0.15) is 6.61 Å². The highest BCUT2D eigenvalue weighted by Crippen LogP contribution is 2.45. The fourth-order valence-corrected chi connectivity index (χ4v) is 9.40. The van der Waals surface area contributed by atoms with E-state index < -0.39 is 5.69 Å². The normalized spacial score (nSPS) is 14.1. The van der Waals surface area contributed by atoms with E-state index in [0.29, 0.717) is 106 Å². The summed E-state index contributed by atoms with van der Waals surface area (Å²) in [6, 6.07) is 28.1. The molecule has 6 aliphatic rings. The van der Waals surface area contributed by atoms with Gasteiger partial charge in [0.05, 0.1) is 33.6 Å². The van der Waals surface area contributed by atoms with E-state index in [0.717, 1.165) is 61.9 Å². The summed E-state index contributed by atoms with van der Waals surface area (Å²) >= 11 is 0. The van der Waals surface area contributed by atoms with Crippen molar-refractivity contribution in [2.24, 2.45) is 0 Å². The Balaban J connectivity index is 0.000000127. The van der Waals surface area contributed by atoms with Crippen LogP contribution < -0.4 is 73.0 Å². The monoisotopic (exact) mass is 1090 g/mol. The summed E-state index contributed by atoms with van der Waals surface area (Å²) in [7, 11) is 7.92. The van der Waals surface area contributed by atoms with Gasteiger partial charge in [0.25, 0.3) is 0 Å². The van der Waals surface area contributed by atoms with Gasteiger partial charge in [-0.3, -0.25) is 4.57 Å². The van der Waals surface area contributed by atoms with Gasteiger partial charge in [-0.25, -0.2) is 9.59 Å². The van der Waals surface area contributed by atoms with Crippen molar-refractivity contribution in [1.29, 1.82) is 0 Å². The number of aromatic nitrogens is 6. The maximum Gasteiger partial charge on any atom is 0.348 e. The Morgan fingerprint density at radius 2 is 0.900 bits per heavy atom. The summed E-state index contributed by atoms with van der Waals surface area (Å²) < 4.78 is 72.9. The molecule has 0 fully saturated rings. The maximum atomic E-state index is 12.9. The molecular weight excluding hydrogens is 1040 g/mol. The first-order valence-corrected chi connectivity index (χ1v) is 25.0. The van der Waals surface area contributed by atoms with Crippen LogP contribution in [0.15, 0.2) is 101 Å². The smallest absolute Gasteiger partial charge is 0.348 e. The summed E-state index contributed by atoms with van der Waals surface area (Å²) in [6.07, 6.45) is 0. The van der Waals surface area contributed by atoms with Crippen LogP contribution >= 0.6 is 0 Å². The summed E-state index contributed by atoms with van der Waals surface area (Å²) in [6.45, 7) is 3.64. The lowest BCUT2D eigenvalue weighted by atomic mass is 10.0. The minimum atomic E-state index is -0.427. The average molecular weight is 1090 g/mol. The quantitative estimate of drug-likeness (QED) is 0.138. The summed E-state index contributed by atoms with van der Waals surface area (Å²) in [5.74, 6) is 7.93. The Labute approximate surface area is 457 Å². The molecule has 0 saturated carbocycles. The van der Waals surface area contributed by atoms with Crippen molar-refractivity contribution in [3.8, 4) is 109 Å². The molecule has 9 heterocycles. The van der Waals surface area contributed by atoms with Crippen molar-refractivity contribution < 1.29 is 63.0 Å². The van der Waals surface area contributed by atoms with Crippen LogP contribution in [0.5, 0.6) is 75.0 Å². The Morgan fingerprint density at radius 3 is 1.43 bits per heavy atom. The number of aromatic amines is 1. The van der Waals surface area contributed by atoms with Crippen molar-refractivity contribution >= 4 is 32.7 Å². The SMILES string of the molecule is C.CN(C)CCOc1nc(-c2ccc3c(c2)OCO3)c2cc3c(cc2n1)OCO3.CN(C)CCn1c(=O)nc(-c2ccc3c(c2)OCO3)c2cc3c(cc21)OCO3.O=c1nc(-c2ccc3c(c2)OCO3)c2cc3c(cc2[nH]1)OCO3.[HH]. The van der Waals surface area contributed by atoms with Crippen molar-refractivity contribution in [3.05, 3.63) is 112 Å². The van der Waals surface area contributed by atoms with Crippen LogP contribution in [0, 0.1) is 0 Å². The molecule has 0 amide bonds. The first kappa shape index (κ1) is 51.0. The Kier molecular flexibility index (Phi) is 13.6. The second kappa shape index (κ2) is 21.2. The molecule has 6 aliphatic heterocycles. The predicted octanol–water partition coefficient (Wildman–Crippen LogP) is 7.71. The van der Waals surface area contributed by atoms with Gasteiger partial charge < -0.3 is 76.4 Å². The van der Waals surface area contributed by atoms with Gasteiger partial charge in [-0.05, 0) is 101 Å². The third-order valence-corrected chi connectivity index (χ3v) is 13.3. The Bertz CT molecular complexity index is 4030. The van der Waals surface area contributed by atoms with Crippen molar-refractivity contribution in [1.82, 2.24) is 39.3 Å². The van der Waals surface area contributed by atoms with Crippen molar-refractivity contribution in [3.63, 3.8) is 0 Å². The molecule has 0 atom stereocenters. The highest BCUT2D eigenvalue weighted by atomic mass is 16.7.